The summed E-state index contributed by atoms with van der Waals surface area (Å²) in [6.45, 7) is -0.142. The molecule has 1 atom stereocenters. The lowest BCUT2D eigenvalue weighted by Crippen LogP contribution is -2.50. The standard InChI is InChI=1S/C23H27N5O5/c24-8-7-15-11-26-19-6-5-17(10-18(15)19)33-13-22(31)28-20(23(32)27-12-21(25)30)9-14-1-3-16(29)4-2-14/h1-6,10-11,20,26,29H,7-9,12-13,24H2,(H2,25,30)(H,27,32)(H,28,31). The van der Waals surface area contributed by atoms with E-state index in [9.17, 15) is 19.5 Å². The minimum atomic E-state index is -0.965. The summed E-state index contributed by atoms with van der Waals surface area (Å²) in [4.78, 5) is 39.2. The van der Waals surface area contributed by atoms with Gasteiger partial charge in [-0.3, -0.25) is 14.4 Å². The smallest absolute Gasteiger partial charge is 0.258 e. The number of benzene rings is 2. The summed E-state index contributed by atoms with van der Waals surface area (Å²) < 4.78 is 5.63. The molecule has 2 aromatic carbocycles. The Labute approximate surface area is 190 Å². The van der Waals surface area contributed by atoms with Crippen LogP contribution < -0.4 is 26.8 Å². The molecule has 1 unspecified atom stereocenters. The van der Waals surface area contributed by atoms with Crippen LogP contribution >= 0.6 is 0 Å². The Balaban J connectivity index is 1.64. The van der Waals surface area contributed by atoms with Crippen LogP contribution in [-0.2, 0) is 27.2 Å². The van der Waals surface area contributed by atoms with Crippen LogP contribution in [0.5, 0.6) is 11.5 Å². The van der Waals surface area contributed by atoms with Gasteiger partial charge < -0.3 is 36.9 Å². The largest absolute Gasteiger partial charge is 0.508 e. The zero-order valence-corrected chi connectivity index (χ0v) is 18.0. The van der Waals surface area contributed by atoms with Crippen molar-refractivity contribution in [2.75, 3.05) is 19.7 Å². The number of amides is 3. The Bertz CT molecular complexity index is 1130. The molecule has 3 aromatic rings. The quantitative estimate of drug-likeness (QED) is 0.240. The molecule has 33 heavy (non-hydrogen) atoms. The number of aromatic nitrogens is 1. The van der Waals surface area contributed by atoms with E-state index in [1.807, 2.05) is 18.3 Å². The number of primary amides is 1. The molecule has 0 saturated heterocycles. The summed E-state index contributed by atoms with van der Waals surface area (Å²) in [5.74, 6) is -1.18. The summed E-state index contributed by atoms with van der Waals surface area (Å²) in [6.07, 6.45) is 2.75. The fraction of sp³-hybridized carbons (Fsp3) is 0.261. The number of fused-ring (bicyclic) bond motifs is 1. The van der Waals surface area contributed by atoms with Crippen LogP contribution in [0.25, 0.3) is 10.9 Å². The Kier molecular flexibility index (Phi) is 7.87. The molecule has 0 aliphatic rings. The fourth-order valence-electron chi connectivity index (χ4n) is 3.37. The van der Waals surface area contributed by atoms with Gasteiger partial charge in [0.15, 0.2) is 6.61 Å². The van der Waals surface area contributed by atoms with E-state index in [1.54, 1.807) is 18.2 Å². The van der Waals surface area contributed by atoms with Crippen molar-refractivity contribution in [1.29, 1.82) is 0 Å². The van der Waals surface area contributed by atoms with Crippen molar-refractivity contribution in [1.82, 2.24) is 15.6 Å². The highest BCUT2D eigenvalue weighted by molar-refractivity contribution is 5.91. The van der Waals surface area contributed by atoms with E-state index in [2.05, 4.69) is 15.6 Å². The maximum atomic E-state index is 12.5. The number of rotatable bonds is 11. The number of ether oxygens (including phenoxy) is 1. The van der Waals surface area contributed by atoms with Gasteiger partial charge >= 0.3 is 0 Å². The van der Waals surface area contributed by atoms with Gasteiger partial charge in [-0.1, -0.05) is 12.1 Å². The molecule has 0 radical (unpaired) electrons. The van der Waals surface area contributed by atoms with E-state index < -0.39 is 23.8 Å². The molecule has 0 spiro atoms. The van der Waals surface area contributed by atoms with Crippen LogP contribution in [0.2, 0.25) is 0 Å². The van der Waals surface area contributed by atoms with Crippen molar-refractivity contribution >= 4 is 28.6 Å². The number of carbonyl (C=O) groups excluding carboxylic acids is 3. The van der Waals surface area contributed by atoms with E-state index in [4.69, 9.17) is 16.2 Å². The van der Waals surface area contributed by atoms with E-state index in [-0.39, 0.29) is 25.3 Å². The highest BCUT2D eigenvalue weighted by Gasteiger charge is 2.22. The summed E-state index contributed by atoms with van der Waals surface area (Å²) in [7, 11) is 0. The molecule has 0 bridgehead atoms. The molecule has 0 fully saturated rings. The van der Waals surface area contributed by atoms with Crippen molar-refractivity contribution < 1.29 is 24.2 Å². The van der Waals surface area contributed by atoms with Crippen molar-refractivity contribution in [3.8, 4) is 11.5 Å². The molecule has 0 saturated carbocycles. The molecular weight excluding hydrogens is 426 g/mol. The molecule has 8 N–H and O–H groups in total. The lowest BCUT2D eigenvalue weighted by molar-refractivity contribution is -0.130. The third-order valence-corrected chi connectivity index (χ3v) is 4.99. The lowest BCUT2D eigenvalue weighted by Gasteiger charge is -2.18. The number of nitrogens with two attached hydrogens (primary N) is 2. The maximum absolute atomic E-state index is 12.5. The number of aromatic amines is 1. The third-order valence-electron chi connectivity index (χ3n) is 4.99. The normalized spacial score (nSPS) is 11.7. The van der Waals surface area contributed by atoms with E-state index in [0.717, 1.165) is 16.5 Å². The molecular formula is C23H27N5O5. The predicted molar refractivity (Wildman–Crippen MR) is 122 cm³/mol. The first-order valence-corrected chi connectivity index (χ1v) is 10.4. The van der Waals surface area contributed by atoms with Gasteiger partial charge in [0.05, 0.1) is 6.54 Å². The van der Waals surface area contributed by atoms with E-state index in [1.165, 1.54) is 12.1 Å². The molecule has 1 heterocycles. The zero-order chi connectivity index (χ0) is 23.8. The summed E-state index contributed by atoms with van der Waals surface area (Å²) >= 11 is 0. The molecule has 0 aliphatic heterocycles. The van der Waals surface area contributed by atoms with Crippen molar-refractivity contribution in [3.05, 3.63) is 59.8 Å². The summed E-state index contributed by atoms with van der Waals surface area (Å²) in [5.41, 5.74) is 13.4. The highest BCUT2D eigenvalue weighted by Crippen LogP contribution is 2.24. The lowest BCUT2D eigenvalue weighted by atomic mass is 10.0. The second-order valence-electron chi connectivity index (χ2n) is 7.52. The molecule has 3 rings (SSSR count). The van der Waals surface area contributed by atoms with Crippen molar-refractivity contribution in [3.63, 3.8) is 0 Å². The van der Waals surface area contributed by atoms with Gasteiger partial charge in [-0.15, -0.1) is 0 Å². The van der Waals surface area contributed by atoms with Gasteiger partial charge in [0.1, 0.15) is 17.5 Å². The van der Waals surface area contributed by atoms with Crippen LogP contribution in [0.1, 0.15) is 11.1 Å². The second kappa shape index (κ2) is 11.0. The zero-order valence-electron chi connectivity index (χ0n) is 18.0. The van der Waals surface area contributed by atoms with E-state index in [0.29, 0.717) is 24.3 Å². The van der Waals surface area contributed by atoms with Gasteiger partial charge in [0, 0.05) is 23.5 Å². The Morgan fingerprint density at radius 1 is 1.12 bits per heavy atom. The fourth-order valence-corrected chi connectivity index (χ4v) is 3.37. The van der Waals surface area contributed by atoms with Gasteiger partial charge in [0.25, 0.3) is 5.91 Å². The Morgan fingerprint density at radius 2 is 1.88 bits per heavy atom. The Hall–Kier alpha value is -4.05. The maximum Gasteiger partial charge on any atom is 0.258 e. The van der Waals surface area contributed by atoms with Crippen LogP contribution in [0.15, 0.2) is 48.7 Å². The van der Waals surface area contributed by atoms with Gasteiger partial charge in [-0.25, -0.2) is 0 Å². The number of aromatic hydroxyl groups is 1. The molecule has 1 aromatic heterocycles. The molecule has 0 aliphatic carbocycles. The number of carbonyl (C=O) groups is 3. The van der Waals surface area contributed by atoms with Crippen molar-refractivity contribution in [2.24, 2.45) is 11.5 Å². The number of nitrogens with one attached hydrogen (secondary N) is 3. The average Bonchev–Trinajstić information content (AvgIpc) is 3.19. The highest BCUT2D eigenvalue weighted by atomic mass is 16.5. The topological polar surface area (TPSA) is 173 Å². The average molecular weight is 453 g/mol. The predicted octanol–water partition coefficient (Wildman–Crippen LogP) is 0.0825. The van der Waals surface area contributed by atoms with Crippen LogP contribution in [0, 0.1) is 0 Å². The van der Waals surface area contributed by atoms with Gasteiger partial charge in [-0.2, -0.15) is 0 Å². The first-order chi connectivity index (χ1) is 15.9. The minimum absolute atomic E-state index is 0.0833. The number of hydrogen-bond acceptors (Lipinski definition) is 6. The van der Waals surface area contributed by atoms with Crippen LogP contribution in [0.4, 0.5) is 0 Å². The number of H-pyrrole nitrogens is 1. The minimum Gasteiger partial charge on any atom is -0.508 e. The van der Waals surface area contributed by atoms with Crippen molar-refractivity contribution in [2.45, 2.75) is 18.9 Å². The SMILES string of the molecule is NCCc1c[nH]c2ccc(OCC(=O)NC(Cc3ccc(O)cc3)C(=O)NCC(N)=O)cc12. The number of phenols is 1. The molecule has 3 amide bonds. The second-order valence-corrected chi connectivity index (χ2v) is 7.52. The van der Waals surface area contributed by atoms with Gasteiger partial charge in [-0.05, 0) is 54.4 Å². The number of phenolic OH excluding ortho intramolecular Hbond substituents is 1. The first-order valence-electron chi connectivity index (χ1n) is 10.4. The molecule has 10 heteroatoms. The molecule has 174 valence electrons. The number of hydrogen-bond donors (Lipinski definition) is 6. The van der Waals surface area contributed by atoms with E-state index >= 15 is 0 Å². The van der Waals surface area contributed by atoms with Crippen LogP contribution in [0.3, 0.4) is 0 Å². The molecule has 10 nitrogen and oxygen atoms in total. The monoisotopic (exact) mass is 453 g/mol. The van der Waals surface area contributed by atoms with Gasteiger partial charge in [0.2, 0.25) is 11.8 Å². The Morgan fingerprint density at radius 3 is 2.58 bits per heavy atom. The third kappa shape index (κ3) is 6.71. The first kappa shape index (κ1) is 23.6. The summed E-state index contributed by atoms with van der Waals surface area (Å²) in [5, 5.41) is 15.4. The summed E-state index contributed by atoms with van der Waals surface area (Å²) in [6, 6.07) is 10.7. The van der Waals surface area contributed by atoms with Crippen LogP contribution in [-0.4, -0.2) is 53.6 Å².